The van der Waals surface area contributed by atoms with Crippen LogP contribution < -0.4 is 0 Å². The second-order valence-corrected chi connectivity index (χ2v) is 3.93. The Morgan fingerprint density at radius 1 is 1.47 bits per heavy atom. The summed E-state index contributed by atoms with van der Waals surface area (Å²) in [6, 6.07) is 2.04. The van der Waals surface area contributed by atoms with Gasteiger partial charge in [-0.15, -0.1) is 0 Å². The molecule has 1 heterocycles. The number of hydrogen-bond acceptors (Lipinski definition) is 2. The molecule has 0 radical (unpaired) electrons. The summed E-state index contributed by atoms with van der Waals surface area (Å²) in [6.45, 7) is 8.12. The average molecular weight is 210 g/mol. The Bertz CT molecular complexity index is 270. The third-order valence-electron chi connectivity index (χ3n) is 2.62. The molecule has 0 saturated heterocycles. The number of ether oxygens (including phenoxy) is 1. The Hall–Kier alpha value is -0.830. The summed E-state index contributed by atoms with van der Waals surface area (Å²) in [6.07, 6.45) is 5.62. The summed E-state index contributed by atoms with van der Waals surface area (Å²) < 4.78 is 7.74. The fraction of sp³-hybridized carbons (Fsp3) is 0.750. The van der Waals surface area contributed by atoms with E-state index in [0.717, 1.165) is 13.0 Å². The molecular weight excluding hydrogens is 188 g/mol. The van der Waals surface area contributed by atoms with Gasteiger partial charge in [-0.25, -0.2) is 0 Å². The van der Waals surface area contributed by atoms with E-state index in [1.807, 2.05) is 16.9 Å². The van der Waals surface area contributed by atoms with Crippen LogP contribution in [0.5, 0.6) is 0 Å². The van der Waals surface area contributed by atoms with Gasteiger partial charge in [-0.3, -0.25) is 4.68 Å². The van der Waals surface area contributed by atoms with Gasteiger partial charge in [0.2, 0.25) is 0 Å². The van der Waals surface area contributed by atoms with E-state index < -0.39 is 0 Å². The highest BCUT2D eigenvalue weighted by Gasteiger charge is 2.04. The molecule has 15 heavy (non-hydrogen) atoms. The van der Waals surface area contributed by atoms with Crippen molar-refractivity contribution in [3.05, 3.63) is 18.0 Å². The predicted molar refractivity (Wildman–Crippen MR) is 61.7 cm³/mol. The second kappa shape index (κ2) is 6.62. The zero-order valence-electron chi connectivity index (χ0n) is 10.1. The molecule has 0 aliphatic rings. The van der Waals surface area contributed by atoms with E-state index in [9.17, 15) is 0 Å². The van der Waals surface area contributed by atoms with Gasteiger partial charge >= 0.3 is 0 Å². The normalized spacial score (nSPS) is 13.0. The molecule has 0 bridgehead atoms. The van der Waals surface area contributed by atoms with E-state index in [-0.39, 0.29) is 0 Å². The van der Waals surface area contributed by atoms with Crippen molar-refractivity contribution >= 4 is 0 Å². The molecule has 0 saturated carbocycles. The van der Waals surface area contributed by atoms with Crippen molar-refractivity contribution in [1.29, 1.82) is 0 Å². The Kier molecular flexibility index (Phi) is 5.40. The lowest BCUT2D eigenvalue weighted by molar-refractivity contribution is 0.0466. The van der Waals surface area contributed by atoms with Gasteiger partial charge in [-0.2, -0.15) is 5.10 Å². The molecule has 0 aliphatic carbocycles. The largest absolute Gasteiger partial charge is 0.372 e. The quantitative estimate of drug-likeness (QED) is 0.691. The lowest BCUT2D eigenvalue weighted by Gasteiger charge is -2.11. The van der Waals surface area contributed by atoms with Gasteiger partial charge in [-0.05, 0) is 25.8 Å². The monoisotopic (exact) mass is 210 g/mol. The van der Waals surface area contributed by atoms with Crippen LogP contribution in [0.15, 0.2) is 12.3 Å². The van der Waals surface area contributed by atoms with E-state index in [0.29, 0.717) is 12.7 Å². The van der Waals surface area contributed by atoms with Crippen LogP contribution in [-0.2, 0) is 17.9 Å². The summed E-state index contributed by atoms with van der Waals surface area (Å²) in [5.41, 5.74) is 1.18. The molecule has 86 valence electrons. The molecule has 0 aromatic carbocycles. The summed E-state index contributed by atoms with van der Waals surface area (Å²) in [5, 5.41) is 4.29. The molecule has 0 spiro atoms. The van der Waals surface area contributed by atoms with Gasteiger partial charge in [-0.1, -0.05) is 20.3 Å². The third kappa shape index (κ3) is 4.04. The molecule has 0 unspecified atom stereocenters. The number of hydrogen-bond donors (Lipinski definition) is 0. The SMILES string of the molecule is CCCCn1nccc1CO[C@@H](C)CC. The second-order valence-electron chi connectivity index (χ2n) is 3.93. The number of aromatic nitrogens is 2. The van der Waals surface area contributed by atoms with Gasteiger partial charge in [0.1, 0.15) is 0 Å². The molecule has 0 fully saturated rings. The standard InChI is InChI=1S/C12H22N2O/c1-4-6-9-14-12(7-8-13-14)10-15-11(3)5-2/h7-8,11H,4-6,9-10H2,1-3H3/t11-/m0/s1. The van der Waals surface area contributed by atoms with Crippen molar-refractivity contribution in [2.75, 3.05) is 0 Å². The maximum absolute atomic E-state index is 5.70. The van der Waals surface area contributed by atoms with Crippen molar-refractivity contribution in [3.8, 4) is 0 Å². The van der Waals surface area contributed by atoms with Crippen LogP contribution in [0.4, 0.5) is 0 Å². The van der Waals surface area contributed by atoms with Gasteiger partial charge in [0.15, 0.2) is 0 Å². The number of unbranched alkanes of at least 4 members (excludes halogenated alkanes) is 1. The van der Waals surface area contributed by atoms with Crippen molar-refractivity contribution in [3.63, 3.8) is 0 Å². The first-order valence-electron chi connectivity index (χ1n) is 5.90. The topological polar surface area (TPSA) is 27.1 Å². The Balaban J connectivity index is 2.42. The summed E-state index contributed by atoms with van der Waals surface area (Å²) in [7, 11) is 0. The molecule has 0 aliphatic heterocycles. The first-order valence-corrected chi connectivity index (χ1v) is 5.90. The Morgan fingerprint density at radius 3 is 2.93 bits per heavy atom. The lowest BCUT2D eigenvalue weighted by atomic mass is 10.3. The number of rotatable bonds is 7. The van der Waals surface area contributed by atoms with E-state index in [1.165, 1.54) is 18.5 Å². The lowest BCUT2D eigenvalue weighted by Crippen LogP contribution is -2.11. The minimum atomic E-state index is 0.333. The van der Waals surface area contributed by atoms with Crippen molar-refractivity contribution < 1.29 is 4.74 Å². The fourth-order valence-electron chi connectivity index (χ4n) is 1.34. The van der Waals surface area contributed by atoms with Gasteiger partial charge in [0.05, 0.1) is 18.4 Å². The van der Waals surface area contributed by atoms with E-state index in [4.69, 9.17) is 4.74 Å². The van der Waals surface area contributed by atoms with Gasteiger partial charge < -0.3 is 4.74 Å². The highest BCUT2D eigenvalue weighted by Crippen LogP contribution is 2.06. The Labute approximate surface area is 92.4 Å². The van der Waals surface area contributed by atoms with Crippen LogP contribution in [0.3, 0.4) is 0 Å². The smallest absolute Gasteiger partial charge is 0.0888 e. The van der Waals surface area contributed by atoms with Gasteiger partial charge in [0.25, 0.3) is 0 Å². The zero-order valence-corrected chi connectivity index (χ0v) is 10.1. The fourth-order valence-corrected chi connectivity index (χ4v) is 1.34. The molecule has 3 heteroatoms. The van der Waals surface area contributed by atoms with Crippen LogP contribution in [-0.4, -0.2) is 15.9 Å². The highest BCUT2D eigenvalue weighted by molar-refractivity contribution is 4.98. The molecule has 1 aromatic heterocycles. The molecular formula is C12H22N2O. The summed E-state index contributed by atoms with van der Waals surface area (Å²) in [5.74, 6) is 0. The molecule has 1 rings (SSSR count). The summed E-state index contributed by atoms with van der Waals surface area (Å²) >= 11 is 0. The van der Waals surface area contributed by atoms with Crippen molar-refractivity contribution in [2.45, 2.75) is 59.3 Å². The van der Waals surface area contributed by atoms with Crippen LogP contribution >= 0.6 is 0 Å². The van der Waals surface area contributed by atoms with Crippen molar-refractivity contribution in [2.24, 2.45) is 0 Å². The van der Waals surface area contributed by atoms with Crippen molar-refractivity contribution in [1.82, 2.24) is 9.78 Å². The molecule has 1 atom stereocenters. The zero-order chi connectivity index (χ0) is 11.1. The molecule has 0 amide bonds. The molecule has 3 nitrogen and oxygen atoms in total. The molecule has 0 N–H and O–H groups in total. The van der Waals surface area contributed by atoms with E-state index in [1.54, 1.807) is 0 Å². The molecule has 1 aromatic rings. The number of aryl methyl sites for hydroxylation is 1. The van der Waals surface area contributed by atoms with Crippen LogP contribution in [0.2, 0.25) is 0 Å². The minimum Gasteiger partial charge on any atom is -0.372 e. The maximum Gasteiger partial charge on any atom is 0.0888 e. The minimum absolute atomic E-state index is 0.333. The van der Waals surface area contributed by atoms with Crippen LogP contribution in [0, 0.1) is 0 Å². The highest BCUT2D eigenvalue weighted by atomic mass is 16.5. The predicted octanol–water partition coefficient (Wildman–Crippen LogP) is 3.00. The van der Waals surface area contributed by atoms with Crippen LogP contribution in [0.1, 0.15) is 45.7 Å². The summed E-state index contributed by atoms with van der Waals surface area (Å²) in [4.78, 5) is 0. The number of nitrogens with zero attached hydrogens (tertiary/aromatic N) is 2. The maximum atomic E-state index is 5.70. The van der Waals surface area contributed by atoms with E-state index >= 15 is 0 Å². The first-order chi connectivity index (χ1) is 7.27. The Morgan fingerprint density at radius 2 is 2.27 bits per heavy atom. The van der Waals surface area contributed by atoms with E-state index in [2.05, 4.69) is 25.9 Å². The third-order valence-corrected chi connectivity index (χ3v) is 2.62. The average Bonchev–Trinajstić information content (AvgIpc) is 2.70. The first kappa shape index (κ1) is 12.2. The van der Waals surface area contributed by atoms with Crippen LogP contribution in [0.25, 0.3) is 0 Å². The van der Waals surface area contributed by atoms with Gasteiger partial charge in [0, 0.05) is 12.7 Å².